The summed E-state index contributed by atoms with van der Waals surface area (Å²) in [7, 11) is 0. The van der Waals surface area contributed by atoms with Crippen molar-refractivity contribution in [1.29, 1.82) is 0 Å². The molecule has 2 heterocycles. The van der Waals surface area contributed by atoms with E-state index >= 15 is 0 Å². The monoisotopic (exact) mass is 304 g/mol. The Balaban J connectivity index is 1.72. The van der Waals surface area contributed by atoms with Crippen LogP contribution in [0.25, 0.3) is 0 Å². The molecule has 1 aliphatic heterocycles. The average molecular weight is 304 g/mol. The van der Waals surface area contributed by atoms with Crippen LogP contribution >= 0.6 is 23.5 Å². The molecule has 3 nitrogen and oxygen atoms in total. The summed E-state index contributed by atoms with van der Waals surface area (Å²) < 4.78 is 0.492. The number of hydrogen-bond donors (Lipinski definition) is 2. The molecule has 1 aliphatic rings. The first kappa shape index (κ1) is 13.6. The lowest BCUT2D eigenvalue weighted by atomic mass is 10.2. The highest BCUT2D eigenvalue weighted by Gasteiger charge is 2.17. The van der Waals surface area contributed by atoms with E-state index in [2.05, 4.69) is 22.4 Å². The van der Waals surface area contributed by atoms with Gasteiger partial charge in [0.2, 0.25) is 0 Å². The Kier molecular flexibility index (Phi) is 4.38. The molecule has 2 N–H and O–H groups in total. The van der Waals surface area contributed by atoms with E-state index in [1.54, 1.807) is 12.3 Å². The molecule has 0 atom stereocenters. The summed E-state index contributed by atoms with van der Waals surface area (Å²) in [6, 6.07) is 11.8. The van der Waals surface area contributed by atoms with Crippen LogP contribution < -0.4 is 5.32 Å². The number of benzene rings is 1. The third kappa shape index (κ3) is 3.22. The normalized spacial score (nSPS) is 16.0. The molecule has 20 heavy (non-hydrogen) atoms. The van der Waals surface area contributed by atoms with Crippen LogP contribution in [0.2, 0.25) is 0 Å². The second-order valence-electron chi connectivity index (χ2n) is 4.59. The van der Waals surface area contributed by atoms with Crippen molar-refractivity contribution >= 4 is 35.1 Å². The van der Waals surface area contributed by atoms with Crippen molar-refractivity contribution in [2.75, 3.05) is 16.8 Å². The van der Waals surface area contributed by atoms with Crippen LogP contribution in [0, 0.1) is 0 Å². The number of H-pyrrole nitrogens is 1. The molecule has 1 saturated heterocycles. The van der Waals surface area contributed by atoms with Gasteiger partial charge in [-0.1, -0.05) is 12.1 Å². The first-order valence-corrected chi connectivity index (χ1v) is 8.70. The fourth-order valence-corrected chi connectivity index (χ4v) is 4.99. The summed E-state index contributed by atoms with van der Waals surface area (Å²) in [4.78, 5) is 14.9. The highest BCUT2D eigenvalue weighted by Crippen LogP contribution is 2.44. The largest absolute Gasteiger partial charge is 0.357 e. The van der Waals surface area contributed by atoms with E-state index in [1.165, 1.54) is 23.5 Å². The number of aromatic amines is 1. The first-order valence-electron chi connectivity index (χ1n) is 6.61. The minimum atomic E-state index is -0.101. The zero-order valence-electron chi connectivity index (χ0n) is 11.0. The van der Waals surface area contributed by atoms with E-state index in [-0.39, 0.29) is 5.91 Å². The van der Waals surface area contributed by atoms with Gasteiger partial charge in [0.15, 0.2) is 0 Å². The van der Waals surface area contributed by atoms with Crippen LogP contribution in [0.5, 0.6) is 0 Å². The maximum Gasteiger partial charge on any atom is 0.272 e. The zero-order chi connectivity index (χ0) is 13.8. The molecule has 1 aromatic carbocycles. The standard InChI is InChI=1S/C15H16N2OS2/c18-14(13-6-2-7-16-13)17-12-5-1-4-11(10-12)15-19-8-3-9-20-15/h1-2,4-7,10,15-16H,3,8-9H2,(H,17,18). The van der Waals surface area contributed by atoms with Gasteiger partial charge in [-0.15, -0.1) is 23.5 Å². The molecule has 0 aliphatic carbocycles. The lowest BCUT2D eigenvalue weighted by Crippen LogP contribution is -2.12. The van der Waals surface area contributed by atoms with Gasteiger partial charge in [0.25, 0.3) is 5.91 Å². The Morgan fingerprint density at radius 1 is 1.20 bits per heavy atom. The highest BCUT2D eigenvalue weighted by atomic mass is 32.2. The second kappa shape index (κ2) is 6.41. The van der Waals surface area contributed by atoms with Crippen LogP contribution in [0.4, 0.5) is 5.69 Å². The molecule has 0 bridgehead atoms. The quantitative estimate of drug-likeness (QED) is 0.896. The third-order valence-corrected chi connectivity index (χ3v) is 6.10. The van der Waals surface area contributed by atoms with Gasteiger partial charge in [0.05, 0.1) is 4.58 Å². The Bertz CT molecular complexity index is 577. The van der Waals surface area contributed by atoms with Crippen molar-refractivity contribution < 1.29 is 4.79 Å². The molecule has 5 heteroatoms. The molecule has 3 rings (SSSR count). The van der Waals surface area contributed by atoms with Crippen LogP contribution in [0.1, 0.15) is 27.1 Å². The van der Waals surface area contributed by atoms with Crippen molar-refractivity contribution in [3.8, 4) is 0 Å². The highest BCUT2D eigenvalue weighted by molar-refractivity contribution is 8.16. The summed E-state index contributed by atoms with van der Waals surface area (Å²) in [5.74, 6) is 2.34. The summed E-state index contributed by atoms with van der Waals surface area (Å²) in [6.07, 6.45) is 3.04. The molecule has 0 unspecified atom stereocenters. The zero-order valence-corrected chi connectivity index (χ0v) is 12.6. The molecule has 104 valence electrons. The number of amides is 1. The van der Waals surface area contributed by atoms with Gasteiger partial charge in [0.1, 0.15) is 5.69 Å². The molecule has 2 aromatic rings. The van der Waals surface area contributed by atoms with Crippen LogP contribution in [0.15, 0.2) is 42.6 Å². The van der Waals surface area contributed by atoms with Crippen molar-refractivity contribution in [1.82, 2.24) is 4.98 Å². The van der Waals surface area contributed by atoms with Gasteiger partial charge < -0.3 is 10.3 Å². The Morgan fingerprint density at radius 3 is 2.80 bits per heavy atom. The Hall–Kier alpha value is -1.33. The molecule has 1 amide bonds. The van der Waals surface area contributed by atoms with Crippen molar-refractivity contribution in [2.45, 2.75) is 11.0 Å². The number of carbonyl (C=O) groups is 1. The number of anilines is 1. The molecule has 0 saturated carbocycles. The third-order valence-electron chi connectivity index (χ3n) is 3.09. The second-order valence-corrected chi connectivity index (χ2v) is 7.31. The van der Waals surface area contributed by atoms with Crippen LogP contribution in [-0.2, 0) is 0 Å². The van der Waals surface area contributed by atoms with Gasteiger partial charge in [-0.2, -0.15) is 0 Å². The van der Waals surface area contributed by atoms with Crippen LogP contribution in [0.3, 0.4) is 0 Å². The van der Waals surface area contributed by atoms with E-state index in [4.69, 9.17) is 0 Å². The summed E-state index contributed by atoms with van der Waals surface area (Å²) in [5, 5.41) is 2.94. The molecular formula is C15H16N2OS2. The summed E-state index contributed by atoms with van der Waals surface area (Å²) >= 11 is 3.97. The van der Waals surface area contributed by atoms with Gasteiger partial charge in [-0.3, -0.25) is 4.79 Å². The van der Waals surface area contributed by atoms with E-state index in [0.29, 0.717) is 10.3 Å². The van der Waals surface area contributed by atoms with E-state index < -0.39 is 0 Å². The van der Waals surface area contributed by atoms with E-state index in [9.17, 15) is 4.79 Å². The number of thioether (sulfide) groups is 2. The van der Waals surface area contributed by atoms with Gasteiger partial charge in [-0.25, -0.2) is 0 Å². The minimum absolute atomic E-state index is 0.101. The minimum Gasteiger partial charge on any atom is -0.357 e. The molecule has 1 fully saturated rings. The lowest BCUT2D eigenvalue weighted by molar-refractivity contribution is 0.102. The Labute approximate surface area is 126 Å². The van der Waals surface area contributed by atoms with Gasteiger partial charge >= 0.3 is 0 Å². The molecular weight excluding hydrogens is 288 g/mol. The summed E-state index contributed by atoms with van der Waals surface area (Å²) in [6.45, 7) is 0. The number of hydrogen-bond acceptors (Lipinski definition) is 3. The maximum absolute atomic E-state index is 12.0. The smallest absolute Gasteiger partial charge is 0.272 e. The predicted octanol–water partition coefficient (Wildman–Crippen LogP) is 4.14. The van der Waals surface area contributed by atoms with Crippen LogP contribution in [-0.4, -0.2) is 22.4 Å². The topological polar surface area (TPSA) is 44.9 Å². The Morgan fingerprint density at radius 2 is 2.05 bits per heavy atom. The van der Waals surface area contributed by atoms with E-state index in [1.807, 2.05) is 41.7 Å². The molecule has 0 spiro atoms. The maximum atomic E-state index is 12.0. The van der Waals surface area contributed by atoms with E-state index in [0.717, 1.165) is 5.69 Å². The molecule has 1 aromatic heterocycles. The van der Waals surface area contributed by atoms with Crippen molar-refractivity contribution in [3.63, 3.8) is 0 Å². The van der Waals surface area contributed by atoms with Gasteiger partial charge in [0, 0.05) is 11.9 Å². The van der Waals surface area contributed by atoms with Gasteiger partial charge in [-0.05, 0) is 47.8 Å². The lowest BCUT2D eigenvalue weighted by Gasteiger charge is -2.21. The first-order chi connectivity index (χ1) is 9.83. The number of aromatic nitrogens is 1. The predicted molar refractivity (Wildman–Crippen MR) is 87.5 cm³/mol. The fraction of sp³-hybridized carbons (Fsp3) is 0.267. The molecule has 0 radical (unpaired) electrons. The van der Waals surface area contributed by atoms with Crippen molar-refractivity contribution in [2.24, 2.45) is 0 Å². The van der Waals surface area contributed by atoms with Crippen molar-refractivity contribution in [3.05, 3.63) is 53.9 Å². The number of carbonyl (C=O) groups excluding carboxylic acids is 1. The average Bonchev–Trinajstić information content (AvgIpc) is 3.03. The SMILES string of the molecule is O=C(Nc1cccc(C2SCCCS2)c1)c1ccc[nH]1. The summed E-state index contributed by atoms with van der Waals surface area (Å²) in [5.41, 5.74) is 2.72. The fourth-order valence-electron chi connectivity index (χ4n) is 2.11. The number of rotatable bonds is 3. The number of nitrogens with one attached hydrogen (secondary N) is 2.